The van der Waals surface area contributed by atoms with Crippen LogP contribution in [-0.4, -0.2) is 59.5 Å². The third-order valence-corrected chi connectivity index (χ3v) is 7.35. The summed E-state index contributed by atoms with van der Waals surface area (Å²) in [7, 11) is 1.92. The highest BCUT2D eigenvalue weighted by molar-refractivity contribution is 6.35. The maximum atomic E-state index is 12.7. The van der Waals surface area contributed by atoms with Crippen LogP contribution in [0.3, 0.4) is 0 Å². The van der Waals surface area contributed by atoms with E-state index in [1.54, 1.807) is 12.3 Å². The topological polar surface area (TPSA) is 73.4 Å². The number of hydrogen-bond donors (Lipinski definition) is 2. The van der Waals surface area contributed by atoms with Gasteiger partial charge in [-0.2, -0.15) is 4.98 Å². The first-order valence-corrected chi connectivity index (χ1v) is 12.5. The van der Waals surface area contributed by atoms with Gasteiger partial charge < -0.3 is 20.4 Å². The summed E-state index contributed by atoms with van der Waals surface area (Å²) in [6, 6.07) is 5.50. The van der Waals surface area contributed by atoms with Gasteiger partial charge in [0.05, 0.1) is 18.3 Å². The molecule has 7 nitrogen and oxygen atoms in total. The van der Waals surface area contributed by atoms with Crippen LogP contribution in [0.15, 0.2) is 24.4 Å². The number of carbonyl (C=O) groups is 1. The lowest BCUT2D eigenvalue weighted by atomic mass is 10.0. The molecule has 1 aromatic heterocycles. The monoisotopic (exact) mass is 510 g/mol. The number of nitrogens with zero attached hydrogens (tertiary/aromatic N) is 4. The number of anilines is 2. The van der Waals surface area contributed by atoms with Gasteiger partial charge in [-0.1, -0.05) is 40.9 Å². The molecule has 3 heterocycles. The summed E-state index contributed by atoms with van der Waals surface area (Å²) in [5, 5.41) is 8.26. The molecule has 0 spiro atoms. The number of benzene rings is 1. The summed E-state index contributed by atoms with van der Waals surface area (Å²) in [6.45, 7) is 4.47. The van der Waals surface area contributed by atoms with E-state index in [2.05, 4.69) is 25.5 Å². The smallest absolute Gasteiger partial charge is 0.239 e. The molecule has 0 bridgehead atoms. The average Bonchev–Trinajstić information content (AvgIpc) is 3.34. The van der Waals surface area contributed by atoms with Crippen LogP contribution in [0.25, 0.3) is 0 Å². The molecule has 2 fully saturated rings. The Labute approximate surface area is 209 Å². The SMILES string of the molecule is C[C@@H](Nc1nc(N2CCC(N(C)C(=O)[C@H]3CCCN3)CC2)ncc1Cl)c1ccc(Cl)cc1Cl. The van der Waals surface area contributed by atoms with Crippen molar-refractivity contribution >= 4 is 52.5 Å². The summed E-state index contributed by atoms with van der Waals surface area (Å²) in [6.07, 6.45) is 5.36. The number of piperidine rings is 1. The van der Waals surface area contributed by atoms with E-state index in [1.807, 2.05) is 31.0 Å². The van der Waals surface area contributed by atoms with Crippen molar-refractivity contribution in [3.05, 3.63) is 45.0 Å². The van der Waals surface area contributed by atoms with Gasteiger partial charge in [0.15, 0.2) is 5.82 Å². The molecule has 4 rings (SSSR count). The molecule has 2 aromatic rings. The summed E-state index contributed by atoms with van der Waals surface area (Å²) >= 11 is 18.8. The van der Waals surface area contributed by atoms with E-state index in [9.17, 15) is 4.79 Å². The van der Waals surface area contributed by atoms with Crippen molar-refractivity contribution in [2.75, 3.05) is 36.9 Å². The first-order chi connectivity index (χ1) is 15.8. The number of nitrogens with one attached hydrogen (secondary N) is 2. The predicted octanol–water partition coefficient (Wildman–Crippen LogP) is 4.79. The van der Waals surface area contributed by atoms with E-state index in [0.29, 0.717) is 26.8 Å². The Hall–Kier alpha value is -1.80. The number of carbonyl (C=O) groups excluding carboxylic acids is 1. The average molecular weight is 512 g/mol. The van der Waals surface area contributed by atoms with Crippen LogP contribution in [0.1, 0.15) is 44.2 Å². The highest BCUT2D eigenvalue weighted by atomic mass is 35.5. The van der Waals surface area contributed by atoms with E-state index in [1.165, 1.54) is 0 Å². The van der Waals surface area contributed by atoms with Crippen molar-refractivity contribution in [2.24, 2.45) is 0 Å². The minimum atomic E-state index is -0.121. The molecule has 1 amide bonds. The van der Waals surface area contributed by atoms with Gasteiger partial charge in [0.25, 0.3) is 0 Å². The molecule has 178 valence electrons. The molecule has 2 saturated heterocycles. The summed E-state index contributed by atoms with van der Waals surface area (Å²) in [4.78, 5) is 25.9. The zero-order valence-corrected chi connectivity index (χ0v) is 21.1. The van der Waals surface area contributed by atoms with Crippen molar-refractivity contribution in [1.82, 2.24) is 20.2 Å². The summed E-state index contributed by atoms with van der Waals surface area (Å²) in [5.41, 5.74) is 0.905. The third-order valence-electron chi connectivity index (χ3n) is 6.51. The second-order valence-corrected chi connectivity index (χ2v) is 9.97. The molecular weight excluding hydrogens is 483 g/mol. The Morgan fingerprint density at radius 2 is 1.97 bits per heavy atom. The number of hydrogen-bond acceptors (Lipinski definition) is 6. The number of likely N-dealkylation sites (N-methyl/N-ethyl adjacent to an activating group) is 1. The fraction of sp³-hybridized carbons (Fsp3) is 0.522. The van der Waals surface area contributed by atoms with E-state index in [-0.39, 0.29) is 24.0 Å². The predicted molar refractivity (Wildman–Crippen MR) is 135 cm³/mol. The zero-order valence-electron chi connectivity index (χ0n) is 18.8. The Morgan fingerprint density at radius 1 is 1.21 bits per heavy atom. The van der Waals surface area contributed by atoms with Crippen LogP contribution in [-0.2, 0) is 4.79 Å². The molecule has 0 radical (unpaired) electrons. The van der Waals surface area contributed by atoms with Gasteiger partial charge in [-0.3, -0.25) is 4.79 Å². The molecular formula is C23H29Cl3N6O. The molecule has 10 heteroatoms. The Balaban J connectivity index is 1.39. The van der Waals surface area contributed by atoms with Gasteiger partial charge in [0.1, 0.15) is 5.02 Å². The number of rotatable bonds is 6. The standard InChI is InChI=1S/C23H29Cl3N6O/c1-14(17-6-5-15(24)12-18(17)25)29-21-19(26)13-28-23(30-21)32-10-7-16(8-11-32)31(2)22(33)20-4-3-9-27-20/h5-6,12-14,16,20,27H,3-4,7-11H2,1-2H3,(H,28,29,30)/t14-,20-/m1/s1. The Kier molecular flexibility index (Phi) is 7.84. The van der Waals surface area contributed by atoms with Crippen LogP contribution < -0.4 is 15.5 Å². The zero-order chi connectivity index (χ0) is 23.5. The van der Waals surface area contributed by atoms with E-state index in [0.717, 1.165) is 50.9 Å². The maximum Gasteiger partial charge on any atom is 0.239 e. The number of halogens is 3. The molecule has 2 aliphatic heterocycles. The number of aromatic nitrogens is 2. The van der Waals surface area contributed by atoms with Gasteiger partial charge in [-0.15, -0.1) is 0 Å². The highest BCUT2D eigenvalue weighted by Gasteiger charge is 2.31. The quantitative estimate of drug-likeness (QED) is 0.581. The maximum absolute atomic E-state index is 12.7. The lowest BCUT2D eigenvalue weighted by Crippen LogP contribution is -2.50. The molecule has 2 N–H and O–H groups in total. The molecule has 2 atom stereocenters. The van der Waals surface area contributed by atoms with Crippen molar-refractivity contribution in [1.29, 1.82) is 0 Å². The van der Waals surface area contributed by atoms with Gasteiger partial charge >= 0.3 is 0 Å². The molecule has 0 unspecified atom stereocenters. The fourth-order valence-electron chi connectivity index (χ4n) is 4.52. The lowest BCUT2D eigenvalue weighted by molar-refractivity contribution is -0.134. The lowest BCUT2D eigenvalue weighted by Gasteiger charge is -2.37. The van der Waals surface area contributed by atoms with Crippen LogP contribution in [0.4, 0.5) is 11.8 Å². The van der Waals surface area contributed by atoms with Gasteiger partial charge in [0.2, 0.25) is 11.9 Å². The normalized spacial score (nSPS) is 20.0. The van der Waals surface area contributed by atoms with Crippen molar-refractivity contribution in [2.45, 2.75) is 50.7 Å². The largest absolute Gasteiger partial charge is 0.362 e. The minimum Gasteiger partial charge on any atom is -0.362 e. The number of amides is 1. The van der Waals surface area contributed by atoms with Crippen LogP contribution in [0.5, 0.6) is 0 Å². The van der Waals surface area contributed by atoms with E-state index >= 15 is 0 Å². The summed E-state index contributed by atoms with van der Waals surface area (Å²) in [5.74, 6) is 1.39. The molecule has 0 saturated carbocycles. The van der Waals surface area contributed by atoms with E-state index < -0.39 is 0 Å². The Bertz CT molecular complexity index is 992. The summed E-state index contributed by atoms with van der Waals surface area (Å²) < 4.78 is 0. The van der Waals surface area contributed by atoms with Crippen molar-refractivity contribution < 1.29 is 4.79 Å². The molecule has 0 aliphatic carbocycles. The van der Waals surface area contributed by atoms with Gasteiger partial charge in [-0.05, 0) is 56.8 Å². The van der Waals surface area contributed by atoms with Gasteiger partial charge in [0, 0.05) is 36.2 Å². The molecule has 1 aromatic carbocycles. The first-order valence-electron chi connectivity index (χ1n) is 11.3. The van der Waals surface area contributed by atoms with Crippen LogP contribution in [0.2, 0.25) is 15.1 Å². The highest BCUT2D eigenvalue weighted by Crippen LogP contribution is 2.31. The second kappa shape index (κ2) is 10.6. The van der Waals surface area contributed by atoms with E-state index in [4.69, 9.17) is 34.8 Å². The molecule has 33 heavy (non-hydrogen) atoms. The van der Waals surface area contributed by atoms with Crippen molar-refractivity contribution in [3.8, 4) is 0 Å². The first kappa shape index (κ1) is 24.3. The second-order valence-electron chi connectivity index (χ2n) is 8.71. The van der Waals surface area contributed by atoms with Crippen molar-refractivity contribution in [3.63, 3.8) is 0 Å². The van der Waals surface area contributed by atoms with Crippen LogP contribution >= 0.6 is 34.8 Å². The molecule has 2 aliphatic rings. The van der Waals surface area contributed by atoms with Gasteiger partial charge in [-0.25, -0.2) is 4.98 Å². The fourth-order valence-corrected chi connectivity index (χ4v) is 5.24. The Morgan fingerprint density at radius 3 is 2.64 bits per heavy atom. The minimum absolute atomic E-state index is 0.0302. The third kappa shape index (κ3) is 5.65. The van der Waals surface area contributed by atoms with Crippen LogP contribution in [0, 0.1) is 0 Å².